The van der Waals surface area contributed by atoms with Gasteiger partial charge >= 0.3 is 18.3 Å². The van der Waals surface area contributed by atoms with E-state index >= 15 is 0 Å². The zero-order valence-electron chi connectivity index (χ0n) is 16.4. The van der Waals surface area contributed by atoms with Crippen LogP contribution in [0.1, 0.15) is 29.7 Å². The number of nitrogens with one attached hydrogen (secondary N) is 1. The van der Waals surface area contributed by atoms with E-state index in [1.165, 1.54) is 12.1 Å². The van der Waals surface area contributed by atoms with E-state index in [0.29, 0.717) is 0 Å². The molecule has 0 radical (unpaired) electrons. The summed E-state index contributed by atoms with van der Waals surface area (Å²) in [5.41, 5.74) is 0.0879. The lowest BCUT2D eigenvalue weighted by atomic mass is 10.0. The smallest absolute Gasteiger partial charge is 0.419 e. The van der Waals surface area contributed by atoms with Gasteiger partial charge in [-0.15, -0.1) is 0 Å². The number of urea groups is 1. The van der Waals surface area contributed by atoms with Crippen LogP contribution in [-0.2, 0) is 17.5 Å². The van der Waals surface area contributed by atoms with E-state index in [1.807, 2.05) is 24.3 Å². The number of imide groups is 1. The van der Waals surface area contributed by atoms with Crippen molar-refractivity contribution in [1.29, 1.82) is 0 Å². The Morgan fingerprint density at radius 1 is 1.16 bits per heavy atom. The number of carbonyl (C=O) groups is 2. The number of halogens is 3. The first-order valence-corrected chi connectivity index (χ1v) is 9.52. The van der Waals surface area contributed by atoms with Crippen molar-refractivity contribution in [2.24, 2.45) is 0 Å². The number of cyclic esters (lactones) is 1. The van der Waals surface area contributed by atoms with Gasteiger partial charge in [-0.05, 0) is 35.6 Å². The minimum Gasteiger partial charge on any atom is -0.439 e. The molecule has 2 aromatic carbocycles. The molecule has 2 heterocycles. The lowest BCUT2D eigenvalue weighted by Gasteiger charge is -2.20. The van der Waals surface area contributed by atoms with Crippen LogP contribution in [0.3, 0.4) is 0 Å². The Morgan fingerprint density at radius 3 is 2.71 bits per heavy atom. The summed E-state index contributed by atoms with van der Waals surface area (Å²) < 4.78 is 44.3. The topological polar surface area (TPSA) is 71.5 Å². The van der Waals surface area contributed by atoms with Crippen LogP contribution >= 0.6 is 0 Å². The highest BCUT2D eigenvalue weighted by molar-refractivity contribution is 5.93. The third-order valence-electron chi connectivity index (χ3n) is 5.21. The van der Waals surface area contributed by atoms with Gasteiger partial charge in [-0.25, -0.2) is 14.5 Å². The fourth-order valence-corrected chi connectivity index (χ4v) is 3.65. The second-order valence-electron chi connectivity index (χ2n) is 7.22. The normalized spacial score (nSPS) is 18.8. The van der Waals surface area contributed by atoms with Gasteiger partial charge in [0.2, 0.25) is 0 Å². The van der Waals surface area contributed by atoms with Gasteiger partial charge in [0.05, 0.1) is 11.6 Å². The summed E-state index contributed by atoms with van der Waals surface area (Å²) in [6.45, 7) is 1.67. The molecule has 9 heteroatoms. The highest BCUT2D eigenvalue weighted by Gasteiger charge is 2.44. The number of carbonyl (C=O) groups excluding carboxylic acids is 2. The molecule has 3 amide bonds. The largest absolute Gasteiger partial charge is 0.439 e. The second-order valence-corrected chi connectivity index (χ2v) is 7.22. The van der Waals surface area contributed by atoms with Crippen molar-refractivity contribution in [3.05, 3.63) is 77.6 Å². The molecule has 1 saturated heterocycles. The van der Waals surface area contributed by atoms with E-state index in [1.54, 1.807) is 19.3 Å². The maximum atomic E-state index is 13.0. The fraction of sp³-hybridized carbons (Fsp3) is 0.227. The van der Waals surface area contributed by atoms with Crippen LogP contribution in [0.15, 0.2) is 60.9 Å². The molecule has 3 aromatic rings. The maximum absolute atomic E-state index is 13.0. The molecular weight excluding hydrogens is 411 g/mol. The Morgan fingerprint density at radius 2 is 1.94 bits per heavy atom. The quantitative estimate of drug-likeness (QED) is 0.633. The zero-order chi connectivity index (χ0) is 22.2. The van der Waals surface area contributed by atoms with E-state index in [9.17, 15) is 22.8 Å². The SMILES string of the molecule is C[C@H]1[C@@H](c2cccc(C(F)(F)F)c2)OC(=O)N1C(=O)NCc1cncc2ccccc12. The lowest BCUT2D eigenvalue weighted by molar-refractivity contribution is -0.137. The molecule has 0 unspecified atom stereocenters. The van der Waals surface area contributed by atoms with Crippen molar-refractivity contribution in [3.63, 3.8) is 0 Å². The van der Waals surface area contributed by atoms with Crippen molar-refractivity contribution >= 4 is 22.9 Å². The monoisotopic (exact) mass is 429 g/mol. The first kappa shape index (κ1) is 20.6. The third-order valence-corrected chi connectivity index (χ3v) is 5.21. The predicted octanol–water partition coefficient (Wildman–Crippen LogP) is 5.05. The van der Waals surface area contributed by atoms with E-state index in [0.717, 1.165) is 33.4 Å². The molecular formula is C22H18F3N3O3. The molecule has 31 heavy (non-hydrogen) atoms. The highest BCUT2D eigenvalue weighted by atomic mass is 19.4. The number of hydrogen-bond donors (Lipinski definition) is 1. The maximum Gasteiger partial charge on any atom is 0.419 e. The minimum absolute atomic E-state index is 0.123. The van der Waals surface area contributed by atoms with Crippen LogP contribution in [0.25, 0.3) is 10.8 Å². The standard InChI is InChI=1S/C22H18F3N3O3/c1-13-19(14-6-4-7-17(9-14)22(23,24)25)31-21(30)28(13)20(29)27-12-16-11-26-10-15-5-2-3-8-18(15)16/h2-11,13,19H,12H2,1H3,(H,27,29)/t13-,19-/m0/s1. The number of fused-ring (bicyclic) bond motifs is 1. The minimum atomic E-state index is -4.52. The lowest BCUT2D eigenvalue weighted by Crippen LogP contribution is -2.44. The number of hydrogen-bond acceptors (Lipinski definition) is 4. The summed E-state index contributed by atoms with van der Waals surface area (Å²) in [7, 11) is 0. The van der Waals surface area contributed by atoms with E-state index in [-0.39, 0.29) is 12.1 Å². The molecule has 2 atom stereocenters. The Bertz CT molecular complexity index is 1140. The third kappa shape index (κ3) is 4.03. The first-order chi connectivity index (χ1) is 14.8. The Labute approximate surface area is 175 Å². The molecule has 160 valence electrons. The van der Waals surface area contributed by atoms with Crippen molar-refractivity contribution < 1.29 is 27.5 Å². The Balaban J connectivity index is 1.50. The number of nitrogens with zero attached hydrogens (tertiary/aromatic N) is 2. The van der Waals surface area contributed by atoms with Crippen LogP contribution < -0.4 is 5.32 Å². The summed E-state index contributed by atoms with van der Waals surface area (Å²) in [6, 6.07) is 10.6. The molecule has 0 spiro atoms. The molecule has 4 rings (SSSR count). The molecule has 0 aliphatic carbocycles. The van der Waals surface area contributed by atoms with Crippen LogP contribution in [0, 0.1) is 0 Å². The van der Waals surface area contributed by atoms with Gasteiger partial charge in [0, 0.05) is 24.3 Å². The number of ether oxygens (including phenoxy) is 1. The van der Waals surface area contributed by atoms with Gasteiger partial charge in [0.1, 0.15) is 6.10 Å². The predicted molar refractivity (Wildman–Crippen MR) is 106 cm³/mol. The summed E-state index contributed by atoms with van der Waals surface area (Å²) in [6.07, 6.45) is -3.10. The Kier molecular flexibility index (Phi) is 5.26. The van der Waals surface area contributed by atoms with Crippen molar-refractivity contribution in [2.75, 3.05) is 0 Å². The van der Waals surface area contributed by atoms with Gasteiger partial charge in [-0.1, -0.05) is 36.4 Å². The van der Waals surface area contributed by atoms with E-state index < -0.39 is 36.0 Å². The van der Waals surface area contributed by atoms with Crippen LogP contribution in [0.5, 0.6) is 0 Å². The molecule has 6 nitrogen and oxygen atoms in total. The number of alkyl halides is 3. The first-order valence-electron chi connectivity index (χ1n) is 9.52. The zero-order valence-corrected chi connectivity index (χ0v) is 16.4. The Hall–Kier alpha value is -3.62. The van der Waals surface area contributed by atoms with Crippen LogP contribution in [0.2, 0.25) is 0 Å². The summed E-state index contributed by atoms with van der Waals surface area (Å²) in [5.74, 6) is 0. The molecule has 0 bridgehead atoms. The highest BCUT2D eigenvalue weighted by Crippen LogP contribution is 2.36. The fourth-order valence-electron chi connectivity index (χ4n) is 3.65. The van der Waals surface area contributed by atoms with Gasteiger partial charge in [-0.2, -0.15) is 13.2 Å². The van der Waals surface area contributed by atoms with Crippen LogP contribution in [0.4, 0.5) is 22.8 Å². The average molecular weight is 429 g/mol. The number of pyridine rings is 1. The van der Waals surface area contributed by atoms with Crippen LogP contribution in [-0.4, -0.2) is 28.1 Å². The van der Waals surface area contributed by atoms with Crippen molar-refractivity contribution in [1.82, 2.24) is 15.2 Å². The van der Waals surface area contributed by atoms with Gasteiger partial charge in [0.25, 0.3) is 0 Å². The molecule has 1 aromatic heterocycles. The molecule has 0 saturated carbocycles. The summed E-state index contributed by atoms with van der Waals surface area (Å²) in [4.78, 5) is 30.0. The summed E-state index contributed by atoms with van der Waals surface area (Å²) >= 11 is 0. The number of benzene rings is 2. The molecule has 1 N–H and O–H groups in total. The van der Waals surface area contributed by atoms with Gasteiger partial charge in [0.15, 0.2) is 0 Å². The molecule has 1 fully saturated rings. The molecule has 1 aliphatic heterocycles. The van der Waals surface area contributed by atoms with Gasteiger partial charge in [-0.3, -0.25) is 4.98 Å². The second kappa shape index (κ2) is 7.90. The van der Waals surface area contributed by atoms with Crippen molar-refractivity contribution in [2.45, 2.75) is 31.8 Å². The van der Waals surface area contributed by atoms with E-state index in [4.69, 9.17) is 4.74 Å². The van der Waals surface area contributed by atoms with Crippen molar-refractivity contribution in [3.8, 4) is 0 Å². The molecule has 1 aliphatic rings. The number of rotatable bonds is 3. The average Bonchev–Trinajstić information content (AvgIpc) is 3.05. The number of amides is 3. The van der Waals surface area contributed by atoms with Gasteiger partial charge < -0.3 is 10.1 Å². The number of aromatic nitrogens is 1. The summed E-state index contributed by atoms with van der Waals surface area (Å²) in [5, 5.41) is 4.49. The van der Waals surface area contributed by atoms with E-state index in [2.05, 4.69) is 10.3 Å².